The number of aliphatic imine (C=N–C) groups is 2. The zero-order valence-corrected chi connectivity index (χ0v) is 52.1. The number of β-amino-alcohol motifs (C(OH)–C–C–N with tert-alkyl or cyclic N) is 2. The van der Waals surface area contributed by atoms with Gasteiger partial charge in [-0.2, -0.15) is 27.0 Å². The molecule has 8 rings (SSSR count). The van der Waals surface area contributed by atoms with Crippen molar-refractivity contribution in [2.75, 3.05) is 70.1 Å². The molecule has 0 aromatic heterocycles. The highest BCUT2D eigenvalue weighted by atomic mass is 35.5. The summed E-state index contributed by atoms with van der Waals surface area (Å²) in [6.45, 7) is -0.425. The van der Waals surface area contributed by atoms with Crippen molar-refractivity contribution in [1.29, 1.82) is 0 Å². The molecule has 0 fully saturated rings. The predicted molar refractivity (Wildman–Crippen MR) is 350 cm³/mol. The number of aliphatic hydroxyl groups is 2. The van der Waals surface area contributed by atoms with Gasteiger partial charge in [-0.1, -0.05) is 119 Å². The number of methoxy groups -OCH3 is 1. The molecule has 2 aliphatic heterocycles. The van der Waals surface area contributed by atoms with Gasteiger partial charge in [0.2, 0.25) is 11.8 Å². The molecule has 6 aromatic carbocycles. The van der Waals surface area contributed by atoms with Crippen LogP contribution >= 0.6 is 73.4 Å². The van der Waals surface area contributed by atoms with Gasteiger partial charge in [0, 0.05) is 48.7 Å². The number of carbonyl (C=O) groups is 8. The molecule has 30 heteroatoms. The van der Waals surface area contributed by atoms with Gasteiger partial charge in [-0.25, -0.2) is 9.59 Å². The molecular weight excluding hydrogens is 1270 g/mol. The van der Waals surface area contributed by atoms with Gasteiger partial charge >= 0.3 is 11.9 Å². The Balaban J connectivity index is 0.000000317. The topological polar surface area (TPSA) is 351 Å². The van der Waals surface area contributed by atoms with Crippen LogP contribution in [0.3, 0.4) is 0 Å². The first-order valence-corrected chi connectivity index (χ1v) is 28.0. The van der Waals surface area contributed by atoms with Crippen LogP contribution in [0.15, 0.2) is 143 Å². The molecular formula is C59H62Cl4N12O12S2. The molecule has 2 heterocycles. The summed E-state index contributed by atoms with van der Waals surface area (Å²) in [6.07, 6.45) is -1.12. The number of ether oxygens (including phenoxy) is 1. The Labute approximate surface area is 544 Å². The van der Waals surface area contributed by atoms with E-state index in [-0.39, 0.29) is 89.0 Å². The molecule has 0 aliphatic carbocycles. The molecule has 6 aromatic rings. The van der Waals surface area contributed by atoms with Crippen molar-refractivity contribution in [3.8, 4) is 22.3 Å². The van der Waals surface area contributed by atoms with Crippen molar-refractivity contribution in [3.63, 3.8) is 0 Å². The van der Waals surface area contributed by atoms with Crippen molar-refractivity contribution in [2.45, 2.75) is 24.3 Å². The lowest BCUT2D eigenvalue weighted by atomic mass is 10.0. The summed E-state index contributed by atoms with van der Waals surface area (Å²) in [4.78, 5) is 109. The van der Waals surface area contributed by atoms with Gasteiger partial charge in [-0.15, -0.1) is 0 Å². The van der Waals surface area contributed by atoms with Crippen LogP contribution in [0.25, 0.3) is 22.3 Å². The van der Waals surface area contributed by atoms with E-state index in [4.69, 9.17) is 51.1 Å². The average Bonchev–Trinajstić information content (AvgIpc) is 3.70. The van der Waals surface area contributed by atoms with Crippen molar-refractivity contribution < 1.29 is 58.4 Å². The van der Waals surface area contributed by atoms with Crippen LogP contribution in [0.1, 0.15) is 41.4 Å². The lowest BCUT2D eigenvalue weighted by Crippen LogP contribution is -2.50. The minimum Gasteiger partial charge on any atom is -0.480 e. The molecule has 24 nitrogen and oxygen atoms in total. The Morgan fingerprint density at radius 1 is 0.517 bits per heavy atom. The van der Waals surface area contributed by atoms with E-state index in [0.717, 1.165) is 18.2 Å². The predicted octanol–water partition coefficient (Wildman–Crippen LogP) is 4.56. The lowest BCUT2D eigenvalue weighted by Gasteiger charge is -2.20. The summed E-state index contributed by atoms with van der Waals surface area (Å²) in [5.41, 5.74) is 4.60. The van der Waals surface area contributed by atoms with E-state index in [0.29, 0.717) is 47.5 Å². The summed E-state index contributed by atoms with van der Waals surface area (Å²) in [5, 5.41) is 55.4. The van der Waals surface area contributed by atoms with E-state index in [9.17, 15) is 53.7 Å². The summed E-state index contributed by atoms with van der Waals surface area (Å²) in [7, 11) is 1.14. The first-order valence-electron chi connectivity index (χ1n) is 26.5. The van der Waals surface area contributed by atoms with Crippen LogP contribution < -0.4 is 53.2 Å². The molecule has 0 radical (unpaired) electrons. The maximum atomic E-state index is 13.1. The molecule has 4 atom stereocenters. The van der Waals surface area contributed by atoms with Gasteiger partial charge in [-0.3, -0.25) is 38.8 Å². The molecule has 89 heavy (non-hydrogen) atoms. The number of hydrogen-bond donors (Lipinski definition) is 13. The van der Waals surface area contributed by atoms with E-state index in [1.165, 1.54) is 0 Å². The number of carboxylic acids is 1. The highest BCUT2D eigenvalue weighted by Gasteiger charge is 2.28. The van der Waals surface area contributed by atoms with Crippen LogP contribution in [0.5, 0.6) is 0 Å². The first-order chi connectivity index (χ1) is 41.7. The molecule has 13 N–H and O–H groups in total. The highest BCUT2D eigenvalue weighted by Crippen LogP contribution is 2.33. The third kappa shape index (κ3) is 21.3. The van der Waals surface area contributed by atoms with Crippen LogP contribution in [0.2, 0.25) is 20.1 Å². The van der Waals surface area contributed by atoms with Gasteiger partial charge in [-0.05, 0) is 82.9 Å². The minimum atomic E-state index is -1.51. The van der Waals surface area contributed by atoms with Crippen molar-refractivity contribution in [3.05, 3.63) is 176 Å². The third-order valence-corrected chi connectivity index (χ3v) is 13.9. The van der Waals surface area contributed by atoms with Crippen LogP contribution in [-0.2, 0) is 23.9 Å². The number of carbonyl (C=O) groups excluding carboxylic acids is 7. The fourth-order valence-electron chi connectivity index (χ4n) is 8.23. The number of halogens is 4. The number of aliphatic hydroxyl groups excluding tert-OH is 2. The third-order valence-electron chi connectivity index (χ3n) is 12.7. The highest BCUT2D eigenvalue weighted by molar-refractivity contribution is 7.59. The Hall–Kier alpha value is -8.60. The number of hydrogen-bond acceptors (Lipinski definition) is 17. The van der Waals surface area contributed by atoms with E-state index >= 15 is 0 Å². The van der Waals surface area contributed by atoms with Gasteiger partial charge < -0.3 is 73.2 Å². The zero-order valence-electron chi connectivity index (χ0n) is 47.1. The number of guanidine groups is 2. The smallest absolute Gasteiger partial charge is 0.330 e. The first kappa shape index (κ1) is 71.2. The summed E-state index contributed by atoms with van der Waals surface area (Å²) in [5.74, 6) is -5.21. The van der Waals surface area contributed by atoms with Crippen LogP contribution in [0, 0.1) is 0 Å². The van der Waals surface area contributed by atoms with E-state index < -0.39 is 91.3 Å². The van der Waals surface area contributed by atoms with Crippen molar-refractivity contribution in [1.82, 2.24) is 42.5 Å². The fraction of sp³-hybridized carbons (Fsp3) is 0.220. The van der Waals surface area contributed by atoms with E-state index in [1.807, 2.05) is 60.7 Å². The lowest BCUT2D eigenvalue weighted by molar-refractivity contribution is -0.143. The zero-order chi connectivity index (χ0) is 62.6. The fourth-order valence-corrected chi connectivity index (χ4v) is 9.55. The number of benzene rings is 6. The monoisotopic (exact) mass is 1330 g/mol. The number of aliphatic carboxylic acids is 1. The Kier molecular flexibility index (Phi) is 27.8. The SMILES string of the molecule is COC(=O)[C@H](CNC(=O)CNC(=O)c1cccc(NC2=NCC(O)CN2)c1)NC(=O)c1c(Cl)cc(-c2ccccc2)cc1Cl.O=C(CNC(=O)c1cccc(NC2=NCC(O)CN2)c1)NC[C@H](NC(=O)c1c(Cl)cc(-c2ccccc2)cc1Cl)C(=O)O.S.S. The number of amides is 6. The summed E-state index contributed by atoms with van der Waals surface area (Å²) >= 11 is 25.5. The molecule has 0 bridgehead atoms. The van der Waals surface area contributed by atoms with Crippen LogP contribution in [-0.4, -0.2) is 158 Å². The van der Waals surface area contributed by atoms with Crippen molar-refractivity contribution in [2.24, 2.45) is 9.98 Å². The second kappa shape index (κ2) is 34.8. The normalized spacial score (nSPS) is 14.5. The molecule has 2 unspecified atom stereocenters. The molecule has 0 saturated heterocycles. The number of nitrogens with zero attached hydrogens (tertiary/aromatic N) is 2. The second-order valence-corrected chi connectivity index (χ2v) is 20.7. The number of anilines is 2. The number of rotatable bonds is 20. The van der Waals surface area contributed by atoms with Gasteiger partial charge in [0.05, 0.1) is 76.7 Å². The number of nitrogens with one attached hydrogen (secondary N) is 10. The molecule has 0 saturated carbocycles. The van der Waals surface area contributed by atoms with Gasteiger partial charge in [0.1, 0.15) is 12.1 Å². The maximum absolute atomic E-state index is 13.1. The van der Waals surface area contributed by atoms with E-state index in [1.54, 1.807) is 72.8 Å². The second-order valence-electron chi connectivity index (χ2n) is 19.1. The molecule has 0 spiro atoms. The van der Waals surface area contributed by atoms with Crippen molar-refractivity contribution >= 4 is 144 Å². The Morgan fingerprint density at radius 2 is 0.899 bits per heavy atom. The largest absolute Gasteiger partial charge is 0.480 e. The Bertz CT molecular complexity index is 3550. The summed E-state index contributed by atoms with van der Waals surface area (Å²) in [6, 6.07) is 35.1. The summed E-state index contributed by atoms with van der Waals surface area (Å²) < 4.78 is 4.77. The van der Waals surface area contributed by atoms with E-state index in [2.05, 4.69) is 63.2 Å². The van der Waals surface area contributed by atoms with Crippen LogP contribution in [0.4, 0.5) is 11.4 Å². The molecule has 6 amide bonds. The number of carboxylic acid groups (broad SMARTS) is 1. The quantitative estimate of drug-likeness (QED) is 0.0466. The molecule has 470 valence electrons. The van der Waals surface area contributed by atoms with Gasteiger partial charge in [0.15, 0.2) is 11.9 Å². The molecule has 2 aliphatic rings. The minimum absolute atomic E-state index is 0. The number of esters is 1. The van der Waals surface area contributed by atoms with Gasteiger partial charge in [0.25, 0.3) is 23.6 Å². The average molecular weight is 1340 g/mol. The standard InChI is InChI=1S/C30H30Cl2N6O6.C29H28Cl2N6O6.2H2S/c1-44-29(43)24(38-28(42)26-22(31)11-19(12-23(26)32)17-6-3-2-4-7-17)15-33-25(40)16-34-27(41)18-8-5-9-20(10-18)37-30-35-13-21(39)14-36-30;30-21-10-18(16-5-2-1-3-6-16)11-22(31)25(21)27(41)37-23(28(42)43)14-32-24(39)15-33-26(40)17-7-4-8-19(9-17)36-29-34-12-20(38)13-35-29;;/h2-12,21,24,39H,13-16H2,1H3,(H,33,40)(H,34,41)(H,38,42)(H2,35,36,37);1-11,20,23,38H,12-15H2,(H,32,39)(H,33,40)(H,37,41)(H,42,43)(H2,34,35,36);2*1H2/t24-;23-;;/m00../s1. The maximum Gasteiger partial charge on any atom is 0.330 e. The Morgan fingerprint density at radius 3 is 1.26 bits per heavy atom.